The zero-order chi connectivity index (χ0) is 15.6. The Bertz CT molecular complexity index is 731. The molecular weight excluding hydrogens is 287 g/mol. The average Bonchev–Trinajstić information content (AvgIpc) is 2.40. The summed E-state index contributed by atoms with van der Waals surface area (Å²) >= 11 is 0. The van der Waals surface area contributed by atoms with Crippen molar-refractivity contribution in [2.45, 2.75) is 0 Å². The molecule has 0 aliphatic heterocycles. The summed E-state index contributed by atoms with van der Waals surface area (Å²) in [6.45, 7) is 0. The lowest BCUT2D eigenvalue weighted by atomic mass is 10.1. The zero-order valence-corrected chi connectivity index (χ0v) is 10.4. The van der Waals surface area contributed by atoms with E-state index in [1.807, 2.05) is 5.32 Å². The number of carbonyl (C=O) groups excluding carboxylic acids is 1. The molecule has 0 aromatic heterocycles. The molecule has 0 saturated carbocycles. The Morgan fingerprint density at radius 3 is 2.29 bits per heavy atom. The summed E-state index contributed by atoms with van der Waals surface area (Å²) in [6.07, 6.45) is 0. The van der Waals surface area contributed by atoms with Crippen LogP contribution in [-0.4, -0.2) is 17.0 Å². The van der Waals surface area contributed by atoms with Gasteiger partial charge in [-0.2, -0.15) is 0 Å². The lowest BCUT2D eigenvalue weighted by Crippen LogP contribution is -2.15. The van der Waals surface area contributed by atoms with Crippen molar-refractivity contribution in [2.24, 2.45) is 0 Å². The van der Waals surface area contributed by atoms with Gasteiger partial charge in [0.15, 0.2) is 0 Å². The van der Waals surface area contributed by atoms with E-state index in [9.17, 15) is 22.8 Å². The van der Waals surface area contributed by atoms with Crippen LogP contribution in [0.2, 0.25) is 0 Å². The van der Waals surface area contributed by atoms with Crippen LogP contribution in [0.25, 0.3) is 0 Å². The Kier molecular flexibility index (Phi) is 3.93. The summed E-state index contributed by atoms with van der Waals surface area (Å²) in [5, 5.41) is 10.8. The Morgan fingerprint density at radius 2 is 1.67 bits per heavy atom. The fourth-order valence-corrected chi connectivity index (χ4v) is 1.62. The lowest BCUT2D eigenvalue weighted by molar-refractivity contribution is 0.0696. The number of rotatable bonds is 3. The summed E-state index contributed by atoms with van der Waals surface area (Å²) in [5.74, 6) is -5.17. The highest BCUT2D eigenvalue weighted by atomic mass is 19.1. The first kappa shape index (κ1) is 14.6. The van der Waals surface area contributed by atoms with Crippen LogP contribution in [-0.2, 0) is 0 Å². The van der Waals surface area contributed by atoms with Crippen molar-refractivity contribution >= 4 is 17.6 Å². The van der Waals surface area contributed by atoms with Gasteiger partial charge in [-0.25, -0.2) is 18.0 Å². The van der Waals surface area contributed by atoms with Crippen LogP contribution in [0.5, 0.6) is 0 Å². The maximum Gasteiger partial charge on any atom is 0.335 e. The fraction of sp³-hybridized carbons (Fsp3) is 0. The SMILES string of the molecule is O=C(O)c1ccc(F)c(NC(=O)c2ccc(F)cc2F)c1. The summed E-state index contributed by atoms with van der Waals surface area (Å²) in [4.78, 5) is 22.6. The molecule has 4 nitrogen and oxygen atoms in total. The van der Waals surface area contributed by atoms with Crippen molar-refractivity contribution in [3.8, 4) is 0 Å². The van der Waals surface area contributed by atoms with Gasteiger partial charge in [0, 0.05) is 6.07 Å². The first-order valence-corrected chi connectivity index (χ1v) is 5.67. The zero-order valence-electron chi connectivity index (χ0n) is 10.4. The first-order chi connectivity index (χ1) is 9.88. The molecular formula is C14H8F3NO3. The largest absolute Gasteiger partial charge is 0.478 e. The second-order valence-electron chi connectivity index (χ2n) is 4.08. The van der Waals surface area contributed by atoms with Crippen LogP contribution in [0.15, 0.2) is 36.4 Å². The Balaban J connectivity index is 2.31. The van der Waals surface area contributed by atoms with Gasteiger partial charge in [-0.1, -0.05) is 0 Å². The standard InChI is InChI=1S/C14H8F3NO3/c15-8-2-3-9(11(17)6-8)13(19)18-12-5-7(14(20)21)1-4-10(12)16/h1-6H,(H,18,19)(H,20,21). The molecule has 21 heavy (non-hydrogen) atoms. The molecule has 0 aliphatic rings. The Morgan fingerprint density at radius 1 is 0.952 bits per heavy atom. The molecule has 0 radical (unpaired) electrons. The first-order valence-electron chi connectivity index (χ1n) is 5.67. The maximum atomic E-state index is 13.5. The Labute approximate surface area is 116 Å². The molecule has 0 aliphatic carbocycles. The minimum Gasteiger partial charge on any atom is -0.478 e. The molecule has 108 valence electrons. The number of carbonyl (C=O) groups is 2. The van der Waals surface area contributed by atoms with Gasteiger partial charge in [-0.3, -0.25) is 4.79 Å². The lowest BCUT2D eigenvalue weighted by Gasteiger charge is -2.08. The van der Waals surface area contributed by atoms with E-state index in [0.717, 1.165) is 30.3 Å². The number of hydrogen-bond donors (Lipinski definition) is 2. The monoisotopic (exact) mass is 295 g/mol. The second-order valence-corrected chi connectivity index (χ2v) is 4.08. The topological polar surface area (TPSA) is 66.4 Å². The minimum absolute atomic E-state index is 0.244. The number of benzene rings is 2. The van der Waals surface area contributed by atoms with Gasteiger partial charge in [0.2, 0.25) is 0 Å². The minimum atomic E-state index is -1.31. The molecule has 0 fully saturated rings. The number of hydrogen-bond acceptors (Lipinski definition) is 2. The molecule has 7 heteroatoms. The Hall–Kier alpha value is -2.83. The van der Waals surface area contributed by atoms with Crippen molar-refractivity contribution in [1.82, 2.24) is 0 Å². The van der Waals surface area contributed by atoms with Crippen molar-refractivity contribution in [2.75, 3.05) is 5.32 Å². The summed E-state index contributed by atoms with van der Waals surface area (Å²) in [7, 11) is 0. The van der Waals surface area contributed by atoms with E-state index in [0.29, 0.717) is 6.07 Å². The predicted molar refractivity (Wildman–Crippen MR) is 67.7 cm³/mol. The number of halogens is 3. The van der Waals surface area contributed by atoms with E-state index >= 15 is 0 Å². The van der Waals surface area contributed by atoms with Gasteiger partial charge >= 0.3 is 5.97 Å². The smallest absolute Gasteiger partial charge is 0.335 e. The highest BCUT2D eigenvalue weighted by Crippen LogP contribution is 2.18. The fourth-order valence-electron chi connectivity index (χ4n) is 1.62. The van der Waals surface area contributed by atoms with E-state index in [-0.39, 0.29) is 5.56 Å². The van der Waals surface area contributed by atoms with Crippen molar-refractivity contribution < 1.29 is 27.9 Å². The predicted octanol–water partition coefficient (Wildman–Crippen LogP) is 3.05. The molecule has 0 bridgehead atoms. The third kappa shape index (κ3) is 3.19. The quantitative estimate of drug-likeness (QED) is 0.914. The highest BCUT2D eigenvalue weighted by molar-refractivity contribution is 6.05. The van der Waals surface area contributed by atoms with E-state index in [1.165, 1.54) is 0 Å². The summed E-state index contributed by atoms with van der Waals surface area (Å²) in [6, 6.07) is 5.07. The molecule has 2 aromatic rings. The molecule has 0 atom stereocenters. The second kappa shape index (κ2) is 5.66. The number of carboxylic acids is 1. The van der Waals surface area contributed by atoms with Crippen LogP contribution >= 0.6 is 0 Å². The molecule has 2 aromatic carbocycles. The van der Waals surface area contributed by atoms with Crippen molar-refractivity contribution in [3.05, 3.63) is 65.0 Å². The number of aromatic carboxylic acids is 1. The summed E-state index contributed by atoms with van der Waals surface area (Å²) < 4.78 is 39.7. The van der Waals surface area contributed by atoms with Gasteiger partial charge < -0.3 is 10.4 Å². The van der Waals surface area contributed by atoms with Gasteiger partial charge in [-0.05, 0) is 30.3 Å². The number of nitrogens with one attached hydrogen (secondary N) is 1. The molecule has 0 saturated heterocycles. The molecule has 2 rings (SSSR count). The van der Waals surface area contributed by atoms with Crippen molar-refractivity contribution in [3.63, 3.8) is 0 Å². The van der Waals surface area contributed by atoms with Crippen molar-refractivity contribution in [1.29, 1.82) is 0 Å². The van der Waals surface area contributed by atoms with Crippen LogP contribution in [0.3, 0.4) is 0 Å². The van der Waals surface area contributed by atoms with E-state index in [4.69, 9.17) is 5.11 Å². The average molecular weight is 295 g/mol. The molecule has 0 unspecified atom stereocenters. The number of amides is 1. The highest BCUT2D eigenvalue weighted by Gasteiger charge is 2.15. The number of anilines is 1. The molecule has 1 amide bonds. The van der Waals surface area contributed by atoms with E-state index in [1.54, 1.807) is 0 Å². The van der Waals surface area contributed by atoms with E-state index in [2.05, 4.69) is 0 Å². The maximum absolute atomic E-state index is 13.5. The molecule has 2 N–H and O–H groups in total. The molecule has 0 spiro atoms. The number of carboxylic acid groups (broad SMARTS) is 1. The van der Waals surface area contributed by atoms with Gasteiger partial charge in [-0.15, -0.1) is 0 Å². The van der Waals surface area contributed by atoms with Crippen LogP contribution in [0.1, 0.15) is 20.7 Å². The summed E-state index contributed by atoms with van der Waals surface area (Å²) in [5.41, 5.74) is -1.15. The van der Waals surface area contributed by atoms with Gasteiger partial charge in [0.05, 0.1) is 16.8 Å². The van der Waals surface area contributed by atoms with Gasteiger partial charge in [0.1, 0.15) is 17.5 Å². The normalized spacial score (nSPS) is 10.2. The van der Waals surface area contributed by atoms with Crippen LogP contribution in [0.4, 0.5) is 18.9 Å². The third-order valence-electron chi connectivity index (χ3n) is 2.64. The van der Waals surface area contributed by atoms with Gasteiger partial charge in [0.25, 0.3) is 5.91 Å². The van der Waals surface area contributed by atoms with E-state index < -0.39 is 40.6 Å². The van der Waals surface area contributed by atoms with Crippen LogP contribution < -0.4 is 5.32 Å². The molecule has 0 heterocycles. The third-order valence-corrected chi connectivity index (χ3v) is 2.64. The van der Waals surface area contributed by atoms with Crippen LogP contribution in [0, 0.1) is 17.5 Å².